The second-order valence-corrected chi connectivity index (χ2v) is 7.43. The normalized spacial score (nSPS) is 22.5. The summed E-state index contributed by atoms with van der Waals surface area (Å²) in [6, 6.07) is 12.3. The molecule has 2 aliphatic rings. The lowest BCUT2D eigenvalue weighted by atomic mass is 9.98. The van der Waals surface area contributed by atoms with Gasteiger partial charge in [0.15, 0.2) is 5.82 Å². The molecule has 0 radical (unpaired) electrons. The van der Waals surface area contributed by atoms with E-state index in [1.54, 1.807) is 0 Å². The Labute approximate surface area is 166 Å². The molecule has 3 heterocycles. The molecule has 2 aliphatic heterocycles. The van der Waals surface area contributed by atoms with E-state index >= 15 is 0 Å². The molecule has 2 aromatic rings. The number of ether oxygens (including phenoxy) is 1. The lowest BCUT2D eigenvalue weighted by Crippen LogP contribution is -2.50. The number of aryl methyl sites for hydroxylation is 2. The minimum atomic E-state index is -0.237. The Morgan fingerprint density at radius 1 is 1.25 bits per heavy atom. The van der Waals surface area contributed by atoms with E-state index in [0.29, 0.717) is 19.0 Å². The van der Waals surface area contributed by atoms with Crippen molar-refractivity contribution in [3.8, 4) is 0 Å². The Morgan fingerprint density at radius 2 is 2.11 bits per heavy atom. The predicted molar refractivity (Wildman–Crippen MR) is 108 cm³/mol. The molecule has 1 saturated heterocycles. The van der Waals surface area contributed by atoms with Gasteiger partial charge in [0, 0.05) is 31.4 Å². The number of fused-ring (bicyclic) bond motifs is 1. The van der Waals surface area contributed by atoms with E-state index in [0.717, 1.165) is 32.5 Å². The van der Waals surface area contributed by atoms with Gasteiger partial charge in [-0.15, -0.1) is 0 Å². The fraction of sp³-hybridized carbons (Fsp3) is 0.524. The number of anilines is 1. The summed E-state index contributed by atoms with van der Waals surface area (Å²) < 4.78 is 8.03. The number of benzene rings is 1. The number of hydrogen-bond acceptors (Lipinski definition) is 4. The van der Waals surface area contributed by atoms with Crippen LogP contribution in [0.3, 0.4) is 0 Å². The number of urea groups is 1. The molecule has 1 aromatic carbocycles. The number of aromatic nitrogens is 2. The van der Waals surface area contributed by atoms with Gasteiger partial charge in [-0.3, -0.25) is 14.9 Å². The number of likely N-dealkylation sites (N-methyl/N-ethyl adjacent to an activating group) is 1. The van der Waals surface area contributed by atoms with Crippen molar-refractivity contribution in [1.82, 2.24) is 20.0 Å². The molecule has 1 aromatic heterocycles. The summed E-state index contributed by atoms with van der Waals surface area (Å²) in [5.41, 5.74) is 2.41. The summed E-state index contributed by atoms with van der Waals surface area (Å²) in [7, 11) is 0. The number of carbonyl (C=O) groups excluding carboxylic acids is 1. The van der Waals surface area contributed by atoms with Crippen molar-refractivity contribution in [3.63, 3.8) is 0 Å². The minimum absolute atomic E-state index is 0.0861. The van der Waals surface area contributed by atoms with Gasteiger partial charge in [-0.25, -0.2) is 4.79 Å². The van der Waals surface area contributed by atoms with Gasteiger partial charge in [0.05, 0.1) is 18.8 Å². The Balaban J connectivity index is 1.38. The standard InChI is InChI=1S/C21H29N5O2/c1-2-25-12-13-28-18(20(25)16-8-4-3-5-9-16)15-22-21(27)23-19-14-17-10-6-7-11-26(17)24-19/h3-5,8-9,14,18,20H,2,6-7,10-13,15H2,1H3,(H2,22,23,24,27)/t18-,20-/m0/s1. The molecule has 0 saturated carbocycles. The summed E-state index contributed by atoms with van der Waals surface area (Å²) in [5, 5.41) is 10.3. The van der Waals surface area contributed by atoms with E-state index in [4.69, 9.17) is 4.74 Å². The first-order chi connectivity index (χ1) is 13.7. The number of morpholine rings is 1. The molecular formula is C21H29N5O2. The molecule has 28 heavy (non-hydrogen) atoms. The number of hydrogen-bond donors (Lipinski definition) is 2. The molecule has 0 unspecified atom stereocenters. The monoisotopic (exact) mass is 383 g/mol. The molecule has 2 N–H and O–H groups in total. The molecule has 7 heteroatoms. The van der Waals surface area contributed by atoms with Crippen molar-refractivity contribution in [1.29, 1.82) is 0 Å². The maximum absolute atomic E-state index is 12.4. The Morgan fingerprint density at radius 3 is 2.89 bits per heavy atom. The number of nitrogens with one attached hydrogen (secondary N) is 2. The largest absolute Gasteiger partial charge is 0.373 e. The molecule has 150 valence electrons. The first-order valence-electron chi connectivity index (χ1n) is 10.3. The average Bonchev–Trinajstić information content (AvgIpc) is 3.14. The second-order valence-electron chi connectivity index (χ2n) is 7.43. The molecule has 0 aliphatic carbocycles. The summed E-state index contributed by atoms with van der Waals surface area (Å²) in [6.45, 7) is 6.08. The average molecular weight is 383 g/mol. The number of amides is 2. The van der Waals surface area contributed by atoms with Gasteiger partial charge in [-0.1, -0.05) is 37.3 Å². The SMILES string of the molecule is CCN1CCO[C@@H](CNC(=O)Nc2cc3n(n2)CCCC3)[C@@H]1c1ccccc1. The Hall–Kier alpha value is -2.38. The number of nitrogens with zero attached hydrogens (tertiary/aromatic N) is 3. The van der Waals surface area contributed by atoms with Crippen molar-refractivity contribution in [2.45, 2.75) is 44.9 Å². The number of carbonyl (C=O) groups is 1. The first-order valence-corrected chi connectivity index (χ1v) is 10.3. The van der Waals surface area contributed by atoms with Gasteiger partial charge in [-0.2, -0.15) is 5.10 Å². The van der Waals surface area contributed by atoms with Gasteiger partial charge >= 0.3 is 6.03 Å². The van der Waals surface area contributed by atoms with Crippen LogP contribution in [0.5, 0.6) is 0 Å². The second kappa shape index (κ2) is 8.75. The van der Waals surface area contributed by atoms with Crippen LogP contribution in [0.25, 0.3) is 0 Å². The summed E-state index contributed by atoms with van der Waals surface area (Å²) in [5.74, 6) is 0.619. The molecule has 2 atom stereocenters. The summed E-state index contributed by atoms with van der Waals surface area (Å²) in [6.07, 6.45) is 3.27. The maximum atomic E-state index is 12.4. The highest BCUT2D eigenvalue weighted by Crippen LogP contribution is 2.29. The molecule has 0 bridgehead atoms. The fourth-order valence-electron chi connectivity index (χ4n) is 4.22. The Bertz CT molecular complexity index is 768. The van der Waals surface area contributed by atoms with Crippen LogP contribution in [0, 0.1) is 0 Å². The van der Waals surface area contributed by atoms with Crippen LogP contribution in [-0.2, 0) is 17.7 Å². The van der Waals surface area contributed by atoms with Gasteiger partial charge in [-0.05, 0) is 31.4 Å². The number of rotatable bonds is 5. The van der Waals surface area contributed by atoms with Crippen molar-refractivity contribution in [2.24, 2.45) is 0 Å². The highest BCUT2D eigenvalue weighted by molar-refractivity contribution is 5.88. The summed E-state index contributed by atoms with van der Waals surface area (Å²) >= 11 is 0. The molecular weight excluding hydrogens is 354 g/mol. The van der Waals surface area contributed by atoms with E-state index in [-0.39, 0.29) is 18.2 Å². The lowest BCUT2D eigenvalue weighted by molar-refractivity contribution is -0.0680. The zero-order valence-electron chi connectivity index (χ0n) is 16.4. The highest BCUT2D eigenvalue weighted by atomic mass is 16.5. The summed E-state index contributed by atoms with van der Waals surface area (Å²) in [4.78, 5) is 14.8. The zero-order valence-corrected chi connectivity index (χ0v) is 16.4. The van der Waals surface area contributed by atoms with Crippen LogP contribution in [-0.4, -0.2) is 53.1 Å². The van der Waals surface area contributed by atoms with Crippen LogP contribution >= 0.6 is 0 Å². The Kier molecular flexibility index (Phi) is 5.92. The van der Waals surface area contributed by atoms with E-state index in [1.807, 2.05) is 16.8 Å². The van der Waals surface area contributed by atoms with Crippen LogP contribution in [0.4, 0.5) is 10.6 Å². The third-order valence-electron chi connectivity index (χ3n) is 5.62. The third-order valence-corrected chi connectivity index (χ3v) is 5.62. The van der Waals surface area contributed by atoms with Gasteiger partial charge < -0.3 is 10.1 Å². The quantitative estimate of drug-likeness (QED) is 0.833. The van der Waals surface area contributed by atoms with E-state index in [9.17, 15) is 4.79 Å². The molecule has 0 spiro atoms. The first kappa shape index (κ1) is 19.0. The van der Waals surface area contributed by atoms with Crippen molar-refractivity contribution in [2.75, 3.05) is 31.6 Å². The molecule has 7 nitrogen and oxygen atoms in total. The van der Waals surface area contributed by atoms with Crippen LogP contribution in [0.1, 0.15) is 37.1 Å². The minimum Gasteiger partial charge on any atom is -0.373 e. The van der Waals surface area contributed by atoms with Crippen LogP contribution in [0.15, 0.2) is 36.4 Å². The smallest absolute Gasteiger partial charge is 0.320 e. The molecule has 4 rings (SSSR count). The van der Waals surface area contributed by atoms with E-state index in [1.165, 1.54) is 17.7 Å². The highest BCUT2D eigenvalue weighted by Gasteiger charge is 2.32. The van der Waals surface area contributed by atoms with Crippen molar-refractivity contribution >= 4 is 11.8 Å². The zero-order chi connectivity index (χ0) is 19.3. The van der Waals surface area contributed by atoms with Crippen molar-refractivity contribution in [3.05, 3.63) is 47.7 Å². The molecule has 2 amide bonds. The fourth-order valence-corrected chi connectivity index (χ4v) is 4.22. The third kappa shape index (κ3) is 4.20. The predicted octanol–water partition coefficient (Wildman–Crippen LogP) is 2.80. The molecule has 1 fully saturated rings. The maximum Gasteiger partial charge on any atom is 0.320 e. The van der Waals surface area contributed by atoms with Crippen molar-refractivity contribution < 1.29 is 9.53 Å². The lowest BCUT2D eigenvalue weighted by Gasteiger charge is -2.41. The van der Waals surface area contributed by atoms with Gasteiger partial charge in [0.2, 0.25) is 0 Å². The topological polar surface area (TPSA) is 71.4 Å². The van der Waals surface area contributed by atoms with Gasteiger partial charge in [0.1, 0.15) is 0 Å². The van der Waals surface area contributed by atoms with Crippen LogP contribution in [0.2, 0.25) is 0 Å². The van der Waals surface area contributed by atoms with Crippen LogP contribution < -0.4 is 10.6 Å². The van der Waals surface area contributed by atoms with E-state index < -0.39 is 0 Å². The van der Waals surface area contributed by atoms with E-state index in [2.05, 4.69) is 51.8 Å². The van der Waals surface area contributed by atoms with Gasteiger partial charge in [0.25, 0.3) is 0 Å².